The van der Waals surface area contributed by atoms with E-state index in [2.05, 4.69) is 0 Å². The summed E-state index contributed by atoms with van der Waals surface area (Å²) >= 11 is 1.03. The molecule has 0 spiro atoms. The van der Waals surface area contributed by atoms with E-state index in [4.69, 9.17) is 10.5 Å². The molecule has 1 heterocycles. The number of rotatable bonds is 8. The Morgan fingerprint density at radius 2 is 2.15 bits per heavy atom. The zero-order valence-electron chi connectivity index (χ0n) is 14.9. The molecule has 1 aromatic carbocycles. The first-order chi connectivity index (χ1) is 12.7. The van der Waals surface area contributed by atoms with E-state index >= 15 is 0 Å². The average molecular weight is 398 g/mol. The number of benzene rings is 1. The first kappa shape index (κ1) is 21.4. The number of carbonyl (C=O) groups is 2. The fourth-order valence-corrected chi connectivity index (χ4v) is 3.92. The number of hydrogen-bond acceptors (Lipinski definition) is 8. The highest BCUT2D eigenvalue weighted by molar-refractivity contribution is 8.01. The Hall–Kier alpha value is -1.95. The standard InChI is InChI=1S/C16H23BN2O7S/c1-26-11-3-2-9(15(21)14(11)16(22)23)6-12(17(24)25)27-8-13(20)19-5-4-10(18)7-19/h2-3,10,12,21,24-25H,4-8,18H2,1H3,(H,22,23)/t10-,12+/m1/s1. The first-order valence-corrected chi connectivity index (χ1v) is 9.42. The number of nitrogens with zero attached hydrogens (tertiary/aromatic N) is 1. The van der Waals surface area contributed by atoms with Crippen LogP contribution in [-0.4, -0.2) is 81.3 Å². The lowest BCUT2D eigenvalue weighted by Gasteiger charge is -2.20. The van der Waals surface area contributed by atoms with Crippen LogP contribution in [0.4, 0.5) is 0 Å². The third kappa shape index (κ3) is 5.28. The number of carbonyl (C=O) groups excluding carboxylic acids is 1. The Labute approximate surface area is 161 Å². The number of aromatic hydroxyl groups is 1. The van der Waals surface area contributed by atoms with Crippen LogP contribution in [0.3, 0.4) is 0 Å². The van der Waals surface area contributed by atoms with E-state index in [1.165, 1.54) is 19.2 Å². The van der Waals surface area contributed by atoms with Gasteiger partial charge in [-0.15, -0.1) is 0 Å². The van der Waals surface area contributed by atoms with Crippen molar-refractivity contribution >= 4 is 30.8 Å². The van der Waals surface area contributed by atoms with Crippen molar-refractivity contribution in [1.82, 2.24) is 4.90 Å². The lowest BCUT2D eigenvalue weighted by Crippen LogP contribution is -2.36. The fourth-order valence-electron chi connectivity index (χ4n) is 2.91. The molecule has 2 atom stereocenters. The van der Waals surface area contributed by atoms with E-state index in [0.717, 1.165) is 18.2 Å². The summed E-state index contributed by atoms with van der Waals surface area (Å²) in [5, 5.41) is 38.0. The molecule has 1 aliphatic rings. The predicted molar refractivity (Wildman–Crippen MR) is 101 cm³/mol. The van der Waals surface area contributed by atoms with E-state index in [9.17, 15) is 29.9 Å². The van der Waals surface area contributed by atoms with E-state index in [0.29, 0.717) is 13.1 Å². The Morgan fingerprint density at radius 1 is 1.44 bits per heavy atom. The molecule has 1 fully saturated rings. The van der Waals surface area contributed by atoms with Gasteiger partial charge in [-0.2, -0.15) is 11.8 Å². The molecule has 11 heteroatoms. The Bertz CT molecular complexity index is 704. The van der Waals surface area contributed by atoms with Gasteiger partial charge in [0, 0.05) is 24.3 Å². The molecular formula is C16H23BN2O7S. The highest BCUT2D eigenvalue weighted by Gasteiger charge is 2.30. The summed E-state index contributed by atoms with van der Waals surface area (Å²) in [4.78, 5) is 25.2. The Morgan fingerprint density at radius 3 is 2.67 bits per heavy atom. The number of thioether (sulfide) groups is 1. The number of likely N-dealkylation sites (tertiary alicyclic amines) is 1. The highest BCUT2D eigenvalue weighted by Crippen LogP contribution is 2.33. The molecule has 2 rings (SSSR count). The molecule has 0 aliphatic carbocycles. The molecule has 1 saturated heterocycles. The normalized spacial score (nSPS) is 17.6. The summed E-state index contributed by atoms with van der Waals surface area (Å²) in [6, 6.07) is 2.81. The fraction of sp³-hybridized carbons (Fsp3) is 0.500. The van der Waals surface area contributed by atoms with E-state index in [1.807, 2.05) is 0 Å². The van der Waals surface area contributed by atoms with Crippen molar-refractivity contribution in [3.05, 3.63) is 23.3 Å². The summed E-state index contributed by atoms with van der Waals surface area (Å²) in [5.74, 6) is -1.98. The number of carboxylic acid groups (broad SMARTS) is 1. The molecule has 0 saturated carbocycles. The monoisotopic (exact) mass is 398 g/mol. The minimum Gasteiger partial charge on any atom is -0.507 e. The largest absolute Gasteiger partial charge is 0.507 e. The van der Waals surface area contributed by atoms with Crippen LogP contribution in [0.1, 0.15) is 22.3 Å². The molecule has 1 aromatic rings. The van der Waals surface area contributed by atoms with Crippen molar-refractivity contribution in [2.75, 3.05) is 26.0 Å². The Kier molecular flexibility index (Phi) is 7.37. The number of hydrogen-bond donors (Lipinski definition) is 5. The van der Waals surface area contributed by atoms with E-state index in [-0.39, 0.29) is 35.4 Å². The SMILES string of the molecule is COc1ccc(C[C@H](SCC(=O)N2CC[C@@H](N)C2)B(O)O)c(O)c1C(=O)O. The zero-order valence-corrected chi connectivity index (χ0v) is 15.7. The highest BCUT2D eigenvalue weighted by atomic mass is 32.2. The number of carboxylic acids is 1. The van der Waals surface area contributed by atoms with Gasteiger partial charge >= 0.3 is 13.1 Å². The van der Waals surface area contributed by atoms with Crippen LogP contribution >= 0.6 is 11.8 Å². The van der Waals surface area contributed by atoms with Crippen LogP contribution in [0, 0.1) is 0 Å². The van der Waals surface area contributed by atoms with Gasteiger partial charge in [0.15, 0.2) is 0 Å². The van der Waals surface area contributed by atoms with Crippen molar-refractivity contribution in [1.29, 1.82) is 0 Å². The second-order valence-corrected chi connectivity index (χ2v) is 7.54. The average Bonchev–Trinajstić information content (AvgIpc) is 3.05. The van der Waals surface area contributed by atoms with Crippen LogP contribution in [-0.2, 0) is 11.2 Å². The summed E-state index contributed by atoms with van der Waals surface area (Å²) in [6.45, 7) is 1.06. The van der Waals surface area contributed by atoms with Crippen LogP contribution in [0.5, 0.6) is 11.5 Å². The van der Waals surface area contributed by atoms with E-state index in [1.54, 1.807) is 4.90 Å². The number of nitrogens with two attached hydrogens (primary N) is 1. The van der Waals surface area contributed by atoms with Crippen molar-refractivity contribution < 1.29 is 34.6 Å². The maximum atomic E-state index is 12.2. The summed E-state index contributed by atoms with van der Waals surface area (Å²) in [7, 11) is -0.467. The number of amides is 1. The predicted octanol–water partition coefficient (Wildman–Crippen LogP) is -0.685. The molecule has 1 aliphatic heterocycles. The van der Waals surface area contributed by atoms with Gasteiger partial charge < -0.3 is 35.6 Å². The minimum absolute atomic E-state index is 0.00181. The molecule has 0 radical (unpaired) electrons. The lowest BCUT2D eigenvalue weighted by atomic mass is 9.81. The van der Waals surface area contributed by atoms with Crippen LogP contribution in [0.25, 0.3) is 0 Å². The number of methoxy groups -OCH3 is 1. The van der Waals surface area contributed by atoms with Gasteiger partial charge in [-0.3, -0.25) is 4.79 Å². The third-order valence-electron chi connectivity index (χ3n) is 4.41. The quantitative estimate of drug-likeness (QED) is 0.358. The smallest absolute Gasteiger partial charge is 0.465 e. The third-order valence-corrected chi connectivity index (χ3v) is 5.66. The van der Waals surface area contributed by atoms with Gasteiger partial charge in [-0.25, -0.2) is 4.79 Å². The van der Waals surface area contributed by atoms with Gasteiger partial charge in [-0.05, 0) is 24.5 Å². The molecular weight excluding hydrogens is 375 g/mol. The molecule has 9 nitrogen and oxygen atoms in total. The van der Waals surface area contributed by atoms with Crippen LogP contribution < -0.4 is 10.5 Å². The van der Waals surface area contributed by atoms with Crippen molar-refractivity contribution in [2.24, 2.45) is 5.73 Å². The van der Waals surface area contributed by atoms with Gasteiger partial charge in [0.05, 0.1) is 12.9 Å². The molecule has 148 valence electrons. The van der Waals surface area contributed by atoms with Gasteiger partial charge in [-0.1, -0.05) is 6.07 Å². The topological polar surface area (TPSA) is 154 Å². The first-order valence-electron chi connectivity index (χ1n) is 8.37. The van der Waals surface area contributed by atoms with Crippen molar-refractivity contribution in [3.8, 4) is 11.5 Å². The summed E-state index contributed by atoms with van der Waals surface area (Å²) < 4.78 is 4.93. The lowest BCUT2D eigenvalue weighted by molar-refractivity contribution is -0.127. The maximum absolute atomic E-state index is 12.2. The Balaban J connectivity index is 2.09. The second-order valence-electron chi connectivity index (χ2n) is 6.31. The van der Waals surface area contributed by atoms with Gasteiger partial charge in [0.1, 0.15) is 17.1 Å². The molecule has 6 N–H and O–H groups in total. The molecule has 0 unspecified atom stereocenters. The molecule has 0 aromatic heterocycles. The summed E-state index contributed by atoms with van der Waals surface area (Å²) in [6.07, 6.45) is 0.700. The van der Waals surface area contributed by atoms with Crippen LogP contribution in [0.15, 0.2) is 12.1 Å². The zero-order chi connectivity index (χ0) is 20.1. The summed E-state index contributed by atoms with van der Waals surface area (Å²) in [5.41, 5.74) is 5.60. The van der Waals surface area contributed by atoms with Gasteiger partial charge in [0.25, 0.3) is 0 Å². The van der Waals surface area contributed by atoms with Gasteiger partial charge in [0.2, 0.25) is 5.91 Å². The van der Waals surface area contributed by atoms with Crippen molar-refractivity contribution in [2.45, 2.75) is 24.0 Å². The molecule has 27 heavy (non-hydrogen) atoms. The second kappa shape index (κ2) is 9.31. The van der Waals surface area contributed by atoms with Crippen molar-refractivity contribution in [3.63, 3.8) is 0 Å². The maximum Gasteiger partial charge on any atom is 0.465 e. The molecule has 0 bridgehead atoms. The van der Waals surface area contributed by atoms with E-state index < -0.39 is 29.5 Å². The van der Waals surface area contributed by atoms with Crippen LogP contribution in [0.2, 0.25) is 0 Å². The molecule has 1 amide bonds. The minimum atomic E-state index is -1.75. The number of ether oxygens (including phenoxy) is 1. The number of aromatic carboxylic acids is 1. The number of phenols is 1.